The van der Waals surface area contributed by atoms with Crippen molar-refractivity contribution in [2.45, 2.75) is 56.5 Å². The van der Waals surface area contributed by atoms with E-state index in [4.69, 9.17) is 4.42 Å². The Morgan fingerprint density at radius 1 is 0.978 bits per heavy atom. The van der Waals surface area contributed by atoms with Gasteiger partial charge in [-0.05, 0) is 91.1 Å². The Kier molecular flexibility index (Phi) is 7.95. The quantitative estimate of drug-likeness (QED) is 0.385. The summed E-state index contributed by atoms with van der Waals surface area (Å²) in [5.41, 5.74) is 4.13. The fourth-order valence-electron chi connectivity index (χ4n) is 7.20. The van der Waals surface area contributed by atoms with Crippen LogP contribution in [-0.2, 0) is 23.1 Å². The number of aryl methyl sites for hydroxylation is 3. The van der Waals surface area contributed by atoms with Crippen molar-refractivity contribution < 1.29 is 18.8 Å². The fraction of sp³-hybridized carbons (Fsp3) is 0.471. The Labute approximate surface area is 263 Å². The van der Waals surface area contributed by atoms with Crippen molar-refractivity contribution in [3.05, 3.63) is 81.6 Å². The maximum Gasteiger partial charge on any atom is 0.253 e. The first-order chi connectivity index (χ1) is 21.5. The van der Waals surface area contributed by atoms with E-state index in [1.807, 2.05) is 36.4 Å². The number of nitriles is 1. The maximum absolute atomic E-state index is 13.2. The standard InChI is InChI=1S/C34H39N7O4/c1-20-37-38-33(45-20)34(12-13-36-19-30(42)41-26(18-35)16-25-17-29(25)41)27-10-8-23(31(43)39(2)3)14-21(27)6-7-22-15-24(9-11-28(22)34)32(44)40(4)5/h8-11,14-15,25-26,29,36H,6-7,12-13,16-17,19H2,1-5H3/t25-,26?,29+/m1/s1. The van der Waals surface area contributed by atoms with Gasteiger partial charge in [0, 0.05) is 52.3 Å². The van der Waals surface area contributed by atoms with Crippen molar-refractivity contribution in [2.75, 3.05) is 41.3 Å². The first-order valence-electron chi connectivity index (χ1n) is 15.5. The molecule has 45 heavy (non-hydrogen) atoms. The SMILES string of the molecule is Cc1nnc(C2(CCNCC(=O)N3C(C#N)C[C@@H]4C[C@@H]43)c3ccc(C(=O)N(C)C)cc3CCc3cc(C(=O)N(C)C)ccc32)o1. The van der Waals surface area contributed by atoms with Crippen LogP contribution < -0.4 is 5.32 Å². The van der Waals surface area contributed by atoms with Gasteiger partial charge in [-0.2, -0.15) is 5.26 Å². The molecule has 6 rings (SSSR count). The number of likely N-dealkylation sites (tertiary alicyclic amines) is 1. The molecule has 234 valence electrons. The molecule has 2 aliphatic carbocycles. The zero-order valence-electron chi connectivity index (χ0n) is 26.5. The molecule has 3 aromatic rings. The van der Waals surface area contributed by atoms with Crippen molar-refractivity contribution in [3.63, 3.8) is 0 Å². The Hall–Kier alpha value is -4.56. The van der Waals surface area contributed by atoms with Gasteiger partial charge in [0.05, 0.1) is 12.6 Å². The van der Waals surface area contributed by atoms with Crippen LogP contribution in [0.2, 0.25) is 0 Å². The van der Waals surface area contributed by atoms with Crippen LogP contribution in [0.4, 0.5) is 0 Å². The van der Waals surface area contributed by atoms with Gasteiger partial charge in [-0.25, -0.2) is 0 Å². The van der Waals surface area contributed by atoms with Gasteiger partial charge >= 0.3 is 0 Å². The molecule has 1 aliphatic heterocycles. The van der Waals surface area contributed by atoms with Crippen LogP contribution in [0, 0.1) is 24.2 Å². The third-order valence-corrected chi connectivity index (χ3v) is 9.49. The molecule has 0 bridgehead atoms. The van der Waals surface area contributed by atoms with E-state index in [1.54, 1.807) is 49.8 Å². The first kappa shape index (κ1) is 30.5. The Bertz CT molecular complexity index is 1630. The Morgan fingerprint density at radius 3 is 2.09 bits per heavy atom. The highest BCUT2D eigenvalue weighted by atomic mass is 16.4. The van der Waals surface area contributed by atoms with Gasteiger partial charge in [-0.15, -0.1) is 10.2 Å². The van der Waals surface area contributed by atoms with E-state index in [0.717, 1.165) is 35.1 Å². The van der Waals surface area contributed by atoms with Gasteiger partial charge < -0.3 is 24.4 Å². The van der Waals surface area contributed by atoms with E-state index in [1.165, 1.54) is 0 Å². The van der Waals surface area contributed by atoms with Gasteiger partial charge in [0.2, 0.25) is 17.7 Å². The summed E-state index contributed by atoms with van der Waals surface area (Å²) in [4.78, 5) is 44.1. The van der Waals surface area contributed by atoms with Crippen molar-refractivity contribution in [1.29, 1.82) is 5.26 Å². The van der Waals surface area contributed by atoms with E-state index in [9.17, 15) is 19.6 Å². The largest absolute Gasteiger partial charge is 0.424 e. The molecule has 1 N–H and O–H groups in total. The number of nitrogens with one attached hydrogen (secondary N) is 1. The van der Waals surface area contributed by atoms with Crippen molar-refractivity contribution >= 4 is 17.7 Å². The van der Waals surface area contributed by atoms with E-state index in [2.05, 4.69) is 21.6 Å². The molecule has 0 spiro atoms. The number of amides is 3. The molecule has 2 heterocycles. The van der Waals surface area contributed by atoms with Crippen molar-refractivity contribution in [1.82, 2.24) is 30.2 Å². The summed E-state index contributed by atoms with van der Waals surface area (Å²) in [7, 11) is 6.93. The number of fused-ring (bicyclic) bond motifs is 3. The lowest BCUT2D eigenvalue weighted by Crippen LogP contribution is -2.44. The topological polar surface area (TPSA) is 136 Å². The summed E-state index contributed by atoms with van der Waals surface area (Å²) in [5.74, 6) is 1.06. The number of aromatic nitrogens is 2. The van der Waals surface area contributed by atoms with Crippen LogP contribution >= 0.6 is 0 Å². The highest BCUT2D eigenvalue weighted by Gasteiger charge is 2.54. The lowest BCUT2D eigenvalue weighted by atomic mass is 9.69. The molecule has 3 aliphatic rings. The molecule has 1 saturated carbocycles. The second-order valence-corrected chi connectivity index (χ2v) is 12.8. The van der Waals surface area contributed by atoms with Gasteiger partial charge in [-0.1, -0.05) is 12.1 Å². The second-order valence-electron chi connectivity index (χ2n) is 12.8. The number of carbonyl (C=O) groups excluding carboxylic acids is 3. The minimum atomic E-state index is -0.914. The summed E-state index contributed by atoms with van der Waals surface area (Å²) in [5, 5.41) is 21.7. The minimum absolute atomic E-state index is 0.0606. The highest BCUT2D eigenvalue weighted by molar-refractivity contribution is 5.95. The van der Waals surface area contributed by atoms with E-state index < -0.39 is 5.41 Å². The molecule has 1 unspecified atom stereocenters. The zero-order valence-corrected chi connectivity index (χ0v) is 26.5. The normalized spacial score (nSPS) is 20.7. The fourth-order valence-corrected chi connectivity index (χ4v) is 7.20. The summed E-state index contributed by atoms with van der Waals surface area (Å²) >= 11 is 0. The Morgan fingerprint density at radius 2 is 1.58 bits per heavy atom. The highest BCUT2D eigenvalue weighted by Crippen LogP contribution is 2.48. The molecule has 2 aromatic carbocycles. The lowest BCUT2D eigenvalue weighted by molar-refractivity contribution is -0.131. The molecule has 3 amide bonds. The predicted octanol–water partition coefficient (Wildman–Crippen LogP) is 2.71. The van der Waals surface area contributed by atoms with Crippen LogP contribution in [0.1, 0.15) is 74.0 Å². The maximum atomic E-state index is 13.2. The van der Waals surface area contributed by atoms with Crippen LogP contribution in [0.3, 0.4) is 0 Å². The first-order valence-corrected chi connectivity index (χ1v) is 15.5. The molecule has 11 heteroatoms. The number of hydrogen-bond acceptors (Lipinski definition) is 8. The van der Waals surface area contributed by atoms with E-state index >= 15 is 0 Å². The minimum Gasteiger partial charge on any atom is -0.424 e. The van der Waals surface area contributed by atoms with Crippen molar-refractivity contribution in [2.24, 2.45) is 5.92 Å². The molecular weight excluding hydrogens is 570 g/mol. The van der Waals surface area contributed by atoms with E-state index in [0.29, 0.717) is 54.6 Å². The summed E-state index contributed by atoms with van der Waals surface area (Å²) in [6, 6.07) is 13.7. The summed E-state index contributed by atoms with van der Waals surface area (Å²) in [6.07, 6.45) is 3.50. The van der Waals surface area contributed by atoms with E-state index in [-0.39, 0.29) is 36.3 Å². The average Bonchev–Trinajstić information content (AvgIpc) is 3.52. The Balaban J connectivity index is 1.41. The molecule has 1 aromatic heterocycles. The molecule has 1 saturated heterocycles. The van der Waals surface area contributed by atoms with Crippen LogP contribution in [0.5, 0.6) is 0 Å². The molecular formula is C34H39N7O4. The third kappa shape index (κ3) is 5.37. The number of carbonyl (C=O) groups is 3. The molecule has 0 radical (unpaired) electrons. The van der Waals surface area contributed by atoms with Gasteiger partial charge in [0.25, 0.3) is 11.8 Å². The average molecular weight is 610 g/mol. The number of nitrogens with zero attached hydrogens (tertiary/aromatic N) is 6. The third-order valence-electron chi connectivity index (χ3n) is 9.49. The van der Waals surface area contributed by atoms with Crippen LogP contribution in [0.25, 0.3) is 0 Å². The monoisotopic (exact) mass is 609 g/mol. The molecule has 3 atom stereocenters. The number of benzene rings is 2. The van der Waals surface area contributed by atoms with Gasteiger partial charge in [-0.3, -0.25) is 14.4 Å². The van der Waals surface area contributed by atoms with Crippen molar-refractivity contribution in [3.8, 4) is 6.07 Å². The molecule has 2 fully saturated rings. The summed E-state index contributed by atoms with van der Waals surface area (Å²) in [6.45, 7) is 2.30. The number of piperidine rings is 1. The molecule has 11 nitrogen and oxygen atoms in total. The smallest absolute Gasteiger partial charge is 0.253 e. The zero-order chi connectivity index (χ0) is 32.0. The van der Waals surface area contributed by atoms with Crippen LogP contribution in [-0.4, -0.2) is 96.0 Å². The van der Waals surface area contributed by atoms with Crippen LogP contribution in [0.15, 0.2) is 40.8 Å². The summed E-state index contributed by atoms with van der Waals surface area (Å²) < 4.78 is 6.22. The second kappa shape index (κ2) is 11.7. The lowest BCUT2D eigenvalue weighted by Gasteiger charge is -2.34. The predicted molar refractivity (Wildman–Crippen MR) is 165 cm³/mol. The number of hydrogen-bond donors (Lipinski definition) is 1. The van der Waals surface area contributed by atoms with Gasteiger partial charge in [0.1, 0.15) is 11.5 Å². The van der Waals surface area contributed by atoms with Gasteiger partial charge in [0.15, 0.2) is 0 Å². The number of rotatable bonds is 8.